The van der Waals surface area contributed by atoms with Crippen molar-refractivity contribution in [3.8, 4) is 0 Å². The van der Waals surface area contributed by atoms with Crippen molar-refractivity contribution < 1.29 is 19.5 Å². The summed E-state index contributed by atoms with van der Waals surface area (Å²) < 4.78 is 0. The van der Waals surface area contributed by atoms with Crippen molar-refractivity contribution in [1.82, 2.24) is 5.43 Å². The van der Waals surface area contributed by atoms with Gasteiger partial charge in [0, 0.05) is 12.0 Å². The van der Waals surface area contributed by atoms with E-state index in [-0.39, 0.29) is 17.4 Å². The molecule has 1 amide bonds. The van der Waals surface area contributed by atoms with E-state index >= 15 is 0 Å². The maximum Gasteiger partial charge on any atom is 0.377 e. The lowest BCUT2D eigenvalue weighted by Crippen LogP contribution is -2.39. The van der Waals surface area contributed by atoms with Crippen molar-refractivity contribution in [3.63, 3.8) is 0 Å². The number of nitrogens with one attached hydrogen (secondary N) is 1. The zero-order valence-corrected chi connectivity index (χ0v) is 18.2. The average Bonchev–Trinajstić information content (AvgIpc) is 2.86. The van der Waals surface area contributed by atoms with E-state index in [0.29, 0.717) is 12.8 Å². The summed E-state index contributed by atoms with van der Waals surface area (Å²) in [5.41, 5.74) is 7.10. The van der Waals surface area contributed by atoms with Crippen molar-refractivity contribution in [2.24, 2.45) is 0 Å². The van der Waals surface area contributed by atoms with E-state index in [1.807, 2.05) is 66.7 Å². The maximum atomic E-state index is 12.9. The first-order valence-corrected chi connectivity index (χ1v) is 11.1. The summed E-state index contributed by atoms with van der Waals surface area (Å²) in [6, 6.07) is 24.5. The normalized spacial score (nSPS) is 14.7. The Hall–Kier alpha value is -3.93. The third kappa shape index (κ3) is 5.29. The zero-order chi connectivity index (χ0) is 23.2. The van der Waals surface area contributed by atoms with Crippen LogP contribution in [0, 0.1) is 0 Å². The molecule has 4 rings (SSSR count). The summed E-state index contributed by atoms with van der Waals surface area (Å²) in [6.45, 7) is 0. The van der Waals surface area contributed by atoms with Crippen LogP contribution in [-0.4, -0.2) is 22.8 Å². The Morgan fingerprint density at radius 1 is 0.909 bits per heavy atom. The van der Waals surface area contributed by atoms with Crippen molar-refractivity contribution in [1.29, 1.82) is 0 Å². The molecule has 0 fully saturated rings. The molecule has 0 spiro atoms. The van der Waals surface area contributed by atoms with Crippen LogP contribution in [-0.2, 0) is 16.0 Å². The molecule has 1 unspecified atom stereocenters. The number of aliphatic carboxylic acids is 1. The summed E-state index contributed by atoms with van der Waals surface area (Å²) in [7, 11) is 0. The molecule has 6 nitrogen and oxygen atoms in total. The van der Waals surface area contributed by atoms with Crippen LogP contribution in [0.2, 0.25) is 0 Å². The minimum Gasteiger partial charge on any atom is -0.475 e. The number of carbonyl (C=O) groups is 3. The van der Waals surface area contributed by atoms with E-state index in [1.165, 1.54) is 0 Å². The molecule has 0 aromatic heterocycles. The molecular formula is C27H26N2O4. The molecule has 0 saturated heterocycles. The summed E-state index contributed by atoms with van der Waals surface area (Å²) in [5, 5.41) is 10.8. The summed E-state index contributed by atoms with van der Waals surface area (Å²) in [6.07, 6.45) is 3.77. The lowest BCUT2D eigenvalue weighted by molar-refractivity contribution is -0.131. The number of amides is 1. The minimum atomic E-state index is -1.44. The molecule has 3 aromatic carbocycles. The molecule has 6 heteroatoms. The molecule has 2 N–H and O–H groups in total. The lowest BCUT2D eigenvalue weighted by atomic mass is 9.79. The molecular weight excluding hydrogens is 416 g/mol. The van der Waals surface area contributed by atoms with E-state index in [2.05, 4.69) is 5.43 Å². The Morgan fingerprint density at radius 2 is 1.55 bits per heavy atom. The molecule has 3 aromatic rings. The Kier molecular flexibility index (Phi) is 6.83. The van der Waals surface area contributed by atoms with Crippen LogP contribution in [0.25, 0.3) is 0 Å². The lowest BCUT2D eigenvalue weighted by Gasteiger charge is -2.28. The van der Waals surface area contributed by atoms with Gasteiger partial charge in [-0.3, -0.25) is 20.0 Å². The molecule has 1 aliphatic carbocycles. The summed E-state index contributed by atoms with van der Waals surface area (Å²) in [4.78, 5) is 35.7. The standard InChI is InChI=1S/C27H26N2O4/c30-25(28-29(22-10-3-1-4-11-22)23-12-5-2-6-13-23)17-15-19-8-7-9-20-18-21(14-16-24(19)20)26(31)27(32)33/h1-6,10-14,16,18-19H,7-9,15,17H2,(H,28,30)(H,32,33). The Morgan fingerprint density at radius 3 is 2.15 bits per heavy atom. The Balaban J connectivity index is 1.44. The van der Waals surface area contributed by atoms with Gasteiger partial charge in [0.1, 0.15) is 0 Å². The number of hydrogen-bond donors (Lipinski definition) is 2. The molecule has 0 heterocycles. The van der Waals surface area contributed by atoms with Crippen molar-refractivity contribution in [2.45, 2.75) is 38.0 Å². The van der Waals surface area contributed by atoms with E-state index in [1.54, 1.807) is 17.1 Å². The highest BCUT2D eigenvalue weighted by atomic mass is 16.4. The van der Waals surface area contributed by atoms with Gasteiger partial charge in [-0.05, 0) is 73.1 Å². The van der Waals surface area contributed by atoms with E-state index in [0.717, 1.165) is 41.8 Å². The van der Waals surface area contributed by atoms with Gasteiger partial charge in [0.2, 0.25) is 5.91 Å². The smallest absolute Gasteiger partial charge is 0.377 e. The molecule has 1 aliphatic rings. The first kappa shape index (κ1) is 22.3. The predicted octanol–water partition coefficient (Wildman–Crippen LogP) is 5.02. The monoisotopic (exact) mass is 442 g/mol. The Labute approximate surface area is 192 Å². The predicted molar refractivity (Wildman–Crippen MR) is 126 cm³/mol. The quantitative estimate of drug-likeness (QED) is 0.290. The molecule has 33 heavy (non-hydrogen) atoms. The number of carboxylic acid groups (broad SMARTS) is 1. The number of anilines is 2. The van der Waals surface area contributed by atoms with Gasteiger partial charge in [-0.2, -0.15) is 0 Å². The van der Waals surface area contributed by atoms with Crippen LogP contribution >= 0.6 is 0 Å². The summed E-state index contributed by atoms with van der Waals surface area (Å²) >= 11 is 0. The maximum absolute atomic E-state index is 12.9. The number of Topliss-reactive ketones (excluding diaryl/α,β-unsaturated/α-hetero) is 1. The van der Waals surface area contributed by atoms with Crippen molar-refractivity contribution in [3.05, 3.63) is 95.6 Å². The average molecular weight is 443 g/mol. The highest BCUT2D eigenvalue weighted by molar-refractivity contribution is 6.39. The first-order valence-electron chi connectivity index (χ1n) is 11.1. The second-order valence-corrected chi connectivity index (χ2v) is 8.22. The fourth-order valence-electron chi connectivity index (χ4n) is 4.40. The second kappa shape index (κ2) is 10.1. The summed E-state index contributed by atoms with van der Waals surface area (Å²) in [5.74, 6) is -2.20. The fourth-order valence-corrected chi connectivity index (χ4v) is 4.40. The van der Waals surface area contributed by atoms with E-state index in [4.69, 9.17) is 5.11 Å². The van der Waals surface area contributed by atoms with Gasteiger partial charge < -0.3 is 5.11 Å². The molecule has 0 aliphatic heterocycles. The number of carboxylic acids is 1. The number of aryl methyl sites for hydroxylation is 1. The zero-order valence-electron chi connectivity index (χ0n) is 18.2. The van der Waals surface area contributed by atoms with Gasteiger partial charge in [-0.25, -0.2) is 4.79 Å². The van der Waals surface area contributed by atoms with Gasteiger partial charge in [-0.1, -0.05) is 48.5 Å². The number of benzene rings is 3. The van der Waals surface area contributed by atoms with Gasteiger partial charge in [0.15, 0.2) is 0 Å². The number of hydrogen-bond acceptors (Lipinski definition) is 4. The molecule has 0 bridgehead atoms. The molecule has 1 atom stereocenters. The number of carbonyl (C=O) groups excluding carboxylic acids is 2. The topological polar surface area (TPSA) is 86.7 Å². The fraction of sp³-hybridized carbons (Fsp3) is 0.222. The van der Waals surface area contributed by atoms with Crippen LogP contribution in [0.4, 0.5) is 11.4 Å². The number of para-hydroxylation sites is 2. The third-order valence-corrected chi connectivity index (χ3v) is 6.02. The number of fused-ring (bicyclic) bond motifs is 1. The number of nitrogens with zero attached hydrogens (tertiary/aromatic N) is 1. The van der Waals surface area contributed by atoms with Crippen molar-refractivity contribution in [2.75, 3.05) is 5.01 Å². The highest BCUT2D eigenvalue weighted by Crippen LogP contribution is 2.35. The Bertz CT molecular complexity index is 1110. The first-order chi connectivity index (χ1) is 16.0. The second-order valence-electron chi connectivity index (χ2n) is 8.22. The largest absolute Gasteiger partial charge is 0.475 e. The van der Waals surface area contributed by atoms with E-state index in [9.17, 15) is 14.4 Å². The van der Waals surface area contributed by atoms with Crippen LogP contribution in [0.3, 0.4) is 0 Å². The number of rotatable bonds is 8. The number of hydrazine groups is 1. The van der Waals surface area contributed by atoms with Crippen LogP contribution < -0.4 is 10.4 Å². The third-order valence-electron chi connectivity index (χ3n) is 6.02. The van der Waals surface area contributed by atoms with Crippen LogP contribution in [0.5, 0.6) is 0 Å². The highest BCUT2D eigenvalue weighted by Gasteiger charge is 2.24. The van der Waals surface area contributed by atoms with Gasteiger partial charge in [0.25, 0.3) is 5.78 Å². The van der Waals surface area contributed by atoms with Gasteiger partial charge in [0.05, 0.1) is 11.4 Å². The van der Waals surface area contributed by atoms with Crippen molar-refractivity contribution >= 4 is 29.0 Å². The number of ketones is 1. The van der Waals surface area contributed by atoms with Gasteiger partial charge >= 0.3 is 5.97 Å². The van der Waals surface area contributed by atoms with Crippen LogP contribution in [0.1, 0.15) is 53.1 Å². The SMILES string of the molecule is O=C(CCC1CCCc2cc(C(=O)C(=O)O)ccc21)NN(c1ccccc1)c1ccccc1. The minimum absolute atomic E-state index is 0.0764. The van der Waals surface area contributed by atoms with Crippen LogP contribution in [0.15, 0.2) is 78.9 Å². The molecule has 0 radical (unpaired) electrons. The van der Waals surface area contributed by atoms with E-state index < -0.39 is 11.8 Å². The molecule has 0 saturated carbocycles. The molecule has 168 valence electrons. The van der Waals surface area contributed by atoms with Gasteiger partial charge in [-0.15, -0.1) is 0 Å².